The van der Waals surface area contributed by atoms with Gasteiger partial charge in [0, 0.05) is 25.4 Å². The molecule has 0 spiro atoms. The summed E-state index contributed by atoms with van der Waals surface area (Å²) in [5.41, 5.74) is 0. The number of hydrogen-bond donors (Lipinski definition) is 1. The molecule has 0 saturated heterocycles. The highest BCUT2D eigenvalue weighted by molar-refractivity contribution is 5.77. The smallest absolute Gasteiger partial charge is 0.303 e. The van der Waals surface area contributed by atoms with E-state index in [1.54, 1.807) is 11.0 Å². The van der Waals surface area contributed by atoms with Crippen molar-refractivity contribution >= 4 is 11.9 Å². The second-order valence-corrected chi connectivity index (χ2v) is 3.67. The number of carboxylic acid groups (broad SMARTS) is 1. The average Bonchev–Trinajstić information content (AvgIpc) is 2.11. The van der Waals surface area contributed by atoms with Gasteiger partial charge in [0.2, 0.25) is 5.91 Å². The second-order valence-electron chi connectivity index (χ2n) is 3.67. The zero-order valence-electron chi connectivity index (χ0n) is 9.40. The molecule has 0 aliphatic rings. The molecule has 0 saturated carbocycles. The van der Waals surface area contributed by atoms with Gasteiger partial charge in [0.05, 0.1) is 0 Å². The van der Waals surface area contributed by atoms with E-state index in [0.29, 0.717) is 19.4 Å². The average molecular weight is 213 g/mol. The van der Waals surface area contributed by atoms with E-state index < -0.39 is 5.97 Å². The SMILES string of the molecule is C=CCC(=O)N(CCCC(=O)O)C(C)C. The molecule has 0 bridgehead atoms. The molecule has 0 fully saturated rings. The molecular weight excluding hydrogens is 194 g/mol. The highest BCUT2D eigenvalue weighted by Gasteiger charge is 2.15. The van der Waals surface area contributed by atoms with E-state index in [1.807, 2.05) is 13.8 Å². The largest absolute Gasteiger partial charge is 0.481 e. The predicted molar refractivity (Wildman–Crippen MR) is 58.5 cm³/mol. The molecular formula is C11H19NO3. The third kappa shape index (κ3) is 5.88. The number of hydrogen-bond acceptors (Lipinski definition) is 2. The van der Waals surface area contributed by atoms with Crippen LogP contribution in [-0.2, 0) is 9.59 Å². The van der Waals surface area contributed by atoms with Crippen molar-refractivity contribution in [2.75, 3.05) is 6.54 Å². The van der Waals surface area contributed by atoms with Gasteiger partial charge < -0.3 is 10.0 Å². The zero-order valence-corrected chi connectivity index (χ0v) is 9.40. The van der Waals surface area contributed by atoms with Crippen molar-refractivity contribution in [2.24, 2.45) is 0 Å². The third-order valence-electron chi connectivity index (χ3n) is 2.05. The van der Waals surface area contributed by atoms with Crippen LogP contribution in [0.2, 0.25) is 0 Å². The Labute approximate surface area is 90.6 Å². The lowest BCUT2D eigenvalue weighted by atomic mass is 10.2. The van der Waals surface area contributed by atoms with Crippen molar-refractivity contribution in [2.45, 2.75) is 39.2 Å². The molecule has 0 atom stereocenters. The molecule has 0 aliphatic heterocycles. The first kappa shape index (κ1) is 13.7. The van der Waals surface area contributed by atoms with Crippen LogP contribution in [-0.4, -0.2) is 34.5 Å². The first-order valence-corrected chi connectivity index (χ1v) is 5.11. The Kier molecular flexibility index (Phi) is 6.42. The van der Waals surface area contributed by atoms with Gasteiger partial charge in [-0.05, 0) is 20.3 Å². The van der Waals surface area contributed by atoms with Gasteiger partial charge in [-0.1, -0.05) is 6.08 Å². The lowest BCUT2D eigenvalue weighted by Crippen LogP contribution is -2.37. The molecule has 0 unspecified atom stereocenters. The number of aliphatic carboxylic acids is 1. The number of carbonyl (C=O) groups excluding carboxylic acids is 1. The molecule has 15 heavy (non-hydrogen) atoms. The molecule has 0 rings (SSSR count). The lowest BCUT2D eigenvalue weighted by molar-refractivity contribution is -0.138. The summed E-state index contributed by atoms with van der Waals surface area (Å²) in [7, 11) is 0. The van der Waals surface area contributed by atoms with Crippen molar-refractivity contribution in [3.05, 3.63) is 12.7 Å². The summed E-state index contributed by atoms with van der Waals surface area (Å²) in [5.74, 6) is -0.819. The fourth-order valence-electron chi connectivity index (χ4n) is 1.31. The second kappa shape index (κ2) is 7.04. The summed E-state index contributed by atoms with van der Waals surface area (Å²) in [4.78, 5) is 23.6. The highest BCUT2D eigenvalue weighted by atomic mass is 16.4. The first-order valence-electron chi connectivity index (χ1n) is 5.11. The van der Waals surface area contributed by atoms with Gasteiger partial charge in [-0.15, -0.1) is 6.58 Å². The van der Waals surface area contributed by atoms with Crippen LogP contribution < -0.4 is 0 Å². The van der Waals surface area contributed by atoms with Crippen molar-refractivity contribution in [3.8, 4) is 0 Å². The molecule has 0 aromatic rings. The van der Waals surface area contributed by atoms with E-state index in [-0.39, 0.29) is 18.4 Å². The Balaban J connectivity index is 4.10. The Hall–Kier alpha value is -1.32. The molecule has 0 aromatic heterocycles. The van der Waals surface area contributed by atoms with Crippen LogP contribution in [0, 0.1) is 0 Å². The maximum atomic E-state index is 11.6. The molecule has 4 heteroatoms. The van der Waals surface area contributed by atoms with Gasteiger partial charge in [0.15, 0.2) is 0 Å². The van der Waals surface area contributed by atoms with Crippen molar-refractivity contribution in [1.29, 1.82) is 0 Å². The van der Waals surface area contributed by atoms with E-state index in [2.05, 4.69) is 6.58 Å². The minimum atomic E-state index is -0.824. The van der Waals surface area contributed by atoms with E-state index in [0.717, 1.165) is 0 Å². The Morgan fingerprint density at radius 2 is 2.07 bits per heavy atom. The molecule has 4 nitrogen and oxygen atoms in total. The summed E-state index contributed by atoms with van der Waals surface area (Å²) >= 11 is 0. The Morgan fingerprint density at radius 3 is 2.47 bits per heavy atom. The Bertz CT molecular complexity index is 236. The number of carbonyl (C=O) groups is 2. The maximum Gasteiger partial charge on any atom is 0.303 e. The topological polar surface area (TPSA) is 57.6 Å². The fourth-order valence-corrected chi connectivity index (χ4v) is 1.31. The number of amides is 1. The minimum absolute atomic E-state index is 0.00499. The van der Waals surface area contributed by atoms with Gasteiger partial charge in [-0.25, -0.2) is 0 Å². The summed E-state index contributed by atoms with van der Waals surface area (Å²) in [6, 6.07) is 0.103. The number of rotatable bonds is 7. The van der Waals surface area contributed by atoms with Crippen molar-refractivity contribution < 1.29 is 14.7 Å². The van der Waals surface area contributed by atoms with Crippen LogP contribution in [0.1, 0.15) is 33.1 Å². The van der Waals surface area contributed by atoms with Crippen LogP contribution in [0.4, 0.5) is 0 Å². The molecule has 0 aliphatic carbocycles. The lowest BCUT2D eigenvalue weighted by Gasteiger charge is -2.26. The third-order valence-corrected chi connectivity index (χ3v) is 2.05. The van der Waals surface area contributed by atoms with E-state index in [9.17, 15) is 9.59 Å². The van der Waals surface area contributed by atoms with Crippen LogP contribution >= 0.6 is 0 Å². The summed E-state index contributed by atoms with van der Waals surface area (Å²) in [6.45, 7) is 7.84. The first-order chi connectivity index (χ1) is 6.99. The molecule has 0 aromatic carbocycles. The number of carboxylic acids is 1. The summed E-state index contributed by atoms with van der Waals surface area (Å²) < 4.78 is 0. The van der Waals surface area contributed by atoms with Crippen molar-refractivity contribution in [1.82, 2.24) is 4.90 Å². The molecule has 86 valence electrons. The zero-order chi connectivity index (χ0) is 11.8. The Morgan fingerprint density at radius 1 is 1.47 bits per heavy atom. The van der Waals surface area contributed by atoms with Gasteiger partial charge >= 0.3 is 5.97 Å². The highest BCUT2D eigenvalue weighted by Crippen LogP contribution is 2.05. The normalized spacial score (nSPS) is 10.1. The van der Waals surface area contributed by atoms with Crippen LogP contribution in [0.3, 0.4) is 0 Å². The van der Waals surface area contributed by atoms with Crippen LogP contribution in [0.15, 0.2) is 12.7 Å². The quantitative estimate of drug-likeness (QED) is 0.654. The van der Waals surface area contributed by atoms with Gasteiger partial charge in [-0.3, -0.25) is 9.59 Å². The standard InChI is InChI=1S/C11H19NO3/c1-4-6-10(13)12(9(2)3)8-5-7-11(14)15/h4,9H,1,5-8H2,2-3H3,(H,14,15). The molecule has 1 N–H and O–H groups in total. The molecule has 0 heterocycles. The molecule has 0 radical (unpaired) electrons. The van der Waals surface area contributed by atoms with Crippen molar-refractivity contribution in [3.63, 3.8) is 0 Å². The summed E-state index contributed by atoms with van der Waals surface area (Å²) in [5, 5.41) is 8.49. The van der Waals surface area contributed by atoms with Gasteiger partial charge in [0.1, 0.15) is 0 Å². The van der Waals surface area contributed by atoms with E-state index in [4.69, 9.17) is 5.11 Å². The predicted octanol–water partition coefficient (Wildman–Crippen LogP) is 1.66. The van der Waals surface area contributed by atoms with E-state index >= 15 is 0 Å². The number of nitrogens with zero attached hydrogens (tertiary/aromatic N) is 1. The monoisotopic (exact) mass is 213 g/mol. The fraction of sp³-hybridized carbons (Fsp3) is 0.636. The van der Waals surface area contributed by atoms with Crippen LogP contribution in [0.5, 0.6) is 0 Å². The summed E-state index contributed by atoms with van der Waals surface area (Å²) in [6.07, 6.45) is 2.47. The van der Waals surface area contributed by atoms with Crippen LogP contribution in [0.25, 0.3) is 0 Å². The molecule has 1 amide bonds. The minimum Gasteiger partial charge on any atom is -0.481 e. The van der Waals surface area contributed by atoms with Gasteiger partial charge in [-0.2, -0.15) is 0 Å². The van der Waals surface area contributed by atoms with E-state index in [1.165, 1.54) is 0 Å². The van der Waals surface area contributed by atoms with Gasteiger partial charge in [0.25, 0.3) is 0 Å². The maximum absolute atomic E-state index is 11.6.